The van der Waals surface area contributed by atoms with Crippen LogP contribution < -0.4 is 0 Å². The first-order chi connectivity index (χ1) is 7.59. The SMILES string of the molecule is Cc1cc(Br)ccc1-c1c(C)cccc1Cl. The fourth-order valence-electron chi connectivity index (χ4n) is 1.88. The van der Waals surface area contributed by atoms with Crippen molar-refractivity contribution in [1.82, 2.24) is 0 Å². The Bertz CT molecular complexity index is 512. The van der Waals surface area contributed by atoms with Crippen molar-refractivity contribution in [1.29, 1.82) is 0 Å². The molecule has 0 aliphatic rings. The average molecular weight is 296 g/mol. The third-order valence-electron chi connectivity index (χ3n) is 2.68. The van der Waals surface area contributed by atoms with E-state index >= 15 is 0 Å². The summed E-state index contributed by atoms with van der Waals surface area (Å²) in [4.78, 5) is 0. The van der Waals surface area contributed by atoms with E-state index < -0.39 is 0 Å². The smallest absolute Gasteiger partial charge is 0.0487 e. The number of halogens is 2. The molecule has 0 heterocycles. The van der Waals surface area contributed by atoms with Gasteiger partial charge in [0.2, 0.25) is 0 Å². The van der Waals surface area contributed by atoms with Gasteiger partial charge in [0, 0.05) is 15.1 Å². The van der Waals surface area contributed by atoms with Crippen LogP contribution in [0.3, 0.4) is 0 Å². The summed E-state index contributed by atoms with van der Waals surface area (Å²) in [7, 11) is 0. The summed E-state index contributed by atoms with van der Waals surface area (Å²) >= 11 is 9.74. The van der Waals surface area contributed by atoms with Crippen LogP contribution >= 0.6 is 27.5 Å². The molecule has 0 aliphatic carbocycles. The summed E-state index contributed by atoms with van der Waals surface area (Å²) < 4.78 is 1.10. The highest BCUT2D eigenvalue weighted by molar-refractivity contribution is 9.10. The van der Waals surface area contributed by atoms with Crippen molar-refractivity contribution in [2.45, 2.75) is 13.8 Å². The zero-order valence-corrected chi connectivity index (χ0v) is 11.6. The Morgan fingerprint density at radius 2 is 1.75 bits per heavy atom. The summed E-state index contributed by atoms with van der Waals surface area (Å²) in [5, 5.41) is 0.811. The van der Waals surface area contributed by atoms with Crippen LogP contribution in [0, 0.1) is 13.8 Å². The fourth-order valence-corrected chi connectivity index (χ4v) is 2.68. The highest BCUT2D eigenvalue weighted by Gasteiger charge is 2.09. The van der Waals surface area contributed by atoms with E-state index in [4.69, 9.17) is 11.6 Å². The maximum absolute atomic E-state index is 6.26. The van der Waals surface area contributed by atoms with E-state index in [9.17, 15) is 0 Å². The van der Waals surface area contributed by atoms with Gasteiger partial charge in [0.25, 0.3) is 0 Å². The maximum Gasteiger partial charge on any atom is 0.0487 e. The van der Waals surface area contributed by atoms with Gasteiger partial charge in [0.1, 0.15) is 0 Å². The monoisotopic (exact) mass is 294 g/mol. The lowest BCUT2D eigenvalue weighted by Gasteiger charge is -2.11. The van der Waals surface area contributed by atoms with Gasteiger partial charge in [-0.1, -0.05) is 45.7 Å². The molecule has 82 valence electrons. The minimum absolute atomic E-state index is 0.811. The highest BCUT2D eigenvalue weighted by Crippen LogP contribution is 2.34. The van der Waals surface area contributed by atoms with Gasteiger partial charge in [0.05, 0.1) is 0 Å². The summed E-state index contributed by atoms with van der Waals surface area (Å²) in [5.41, 5.74) is 4.77. The molecule has 0 radical (unpaired) electrons. The van der Waals surface area contributed by atoms with E-state index in [1.54, 1.807) is 0 Å². The van der Waals surface area contributed by atoms with Gasteiger partial charge in [-0.2, -0.15) is 0 Å². The molecular weight excluding hydrogens is 284 g/mol. The van der Waals surface area contributed by atoms with E-state index in [1.165, 1.54) is 16.7 Å². The molecule has 16 heavy (non-hydrogen) atoms. The molecule has 0 aromatic heterocycles. The Balaban J connectivity index is 2.68. The molecule has 0 unspecified atom stereocenters. The third-order valence-corrected chi connectivity index (χ3v) is 3.49. The van der Waals surface area contributed by atoms with E-state index in [0.29, 0.717) is 0 Å². The first kappa shape index (κ1) is 11.7. The highest BCUT2D eigenvalue weighted by atomic mass is 79.9. The molecule has 0 nitrogen and oxygen atoms in total. The van der Waals surface area contributed by atoms with Crippen LogP contribution in [0.25, 0.3) is 11.1 Å². The molecule has 2 rings (SSSR count). The van der Waals surface area contributed by atoms with Crippen LogP contribution in [-0.4, -0.2) is 0 Å². The second-order valence-electron chi connectivity index (χ2n) is 3.89. The third kappa shape index (κ3) is 2.16. The number of aryl methyl sites for hydroxylation is 2. The molecule has 0 spiro atoms. The number of hydrogen-bond donors (Lipinski definition) is 0. The molecule has 0 aliphatic heterocycles. The molecule has 2 aromatic rings. The lowest BCUT2D eigenvalue weighted by Crippen LogP contribution is -1.88. The maximum atomic E-state index is 6.26. The molecule has 0 atom stereocenters. The van der Waals surface area contributed by atoms with Crippen LogP contribution in [0.2, 0.25) is 5.02 Å². The van der Waals surface area contributed by atoms with Crippen LogP contribution in [0.5, 0.6) is 0 Å². The lowest BCUT2D eigenvalue weighted by molar-refractivity contribution is 1.40. The fraction of sp³-hybridized carbons (Fsp3) is 0.143. The first-order valence-electron chi connectivity index (χ1n) is 5.11. The Labute approximate surface area is 109 Å². The van der Waals surface area contributed by atoms with Crippen molar-refractivity contribution in [3.8, 4) is 11.1 Å². The number of rotatable bonds is 1. The quantitative estimate of drug-likeness (QED) is 0.662. The van der Waals surface area contributed by atoms with Crippen LogP contribution in [0.1, 0.15) is 11.1 Å². The van der Waals surface area contributed by atoms with Gasteiger partial charge < -0.3 is 0 Å². The second kappa shape index (κ2) is 4.60. The lowest BCUT2D eigenvalue weighted by atomic mass is 9.97. The average Bonchev–Trinajstić information content (AvgIpc) is 2.20. The predicted molar refractivity (Wildman–Crippen MR) is 74.1 cm³/mol. The van der Waals surface area contributed by atoms with Crippen molar-refractivity contribution in [3.05, 3.63) is 57.0 Å². The minimum Gasteiger partial charge on any atom is -0.0837 e. The zero-order valence-electron chi connectivity index (χ0n) is 9.22. The second-order valence-corrected chi connectivity index (χ2v) is 5.21. The van der Waals surface area contributed by atoms with Gasteiger partial charge >= 0.3 is 0 Å². The van der Waals surface area contributed by atoms with E-state index in [0.717, 1.165) is 15.1 Å². The topological polar surface area (TPSA) is 0 Å². The zero-order chi connectivity index (χ0) is 11.7. The summed E-state index contributed by atoms with van der Waals surface area (Å²) in [6, 6.07) is 12.3. The molecule has 0 saturated carbocycles. The molecule has 2 aromatic carbocycles. The van der Waals surface area contributed by atoms with E-state index in [1.807, 2.05) is 18.2 Å². The largest absolute Gasteiger partial charge is 0.0837 e. The molecule has 0 N–H and O–H groups in total. The van der Waals surface area contributed by atoms with Crippen LogP contribution in [-0.2, 0) is 0 Å². The van der Waals surface area contributed by atoms with Gasteiger partial charge in [-0.25, -0.2) is 0 Å². The number of hydrogen-bond acceptors (Lipinski definition) is 0. The summed E-state index contributed by atoms with van der Waals surface area (Å²) in [6.07, 6.45) is 0. The molecule has 0 bridgehead atoms. The van der Waals surface area contributed by atoms with Crippen molar-refractivity contribution in [2.24, 2.45) is 0 Å². The number of benzene rings is 2. The van der Waals surface area contributed by atoms with Gasteiger partial charge in [0.15, 0.2) is 0 Å². The van der Waals surface area contributed by atoms with Crippen molar-refractivity contribution in [3.63, 3.8) is 0 Å². The van der Waals surface area contributed by atoms with Crippen molar-refractivity contribution in [2.75, 3.05) is 0 Å². The Morgan fingerprint density at radius 3 is 2.38 bits per heavy atom. The minimum atomic E-state index is 0.811. The van der Waals surface area contributed by atoms with E-state index in [-0.39, 0.29) is 0 Å². The Hall–Kier alpha value is -0.790. The van der Waals surface area contributed by atoms with E-state index in [2.05, 4.69) is 48.0 Å². The van der Waals surface area contributed by atoms with Gasteiger partial charge in [-0.3, -0.25) is 0 Å². The molecule has 0 amide bonds. The first-order valence-corrected chi connectivity index (χ1v) is 6.28. The van der Waals surface area contributed by atoms with Gasteiger partial charge in [-0.15, -0.1) is 0 Å². The summed E-state index contributed by atoms with van der Waals surface area (Å²) in [6.45, 7) is 4.19. The molecular formula is C14H12BrCl. The standard InChI is InChI=1S/C14H12BrCl/c1-9-4-3-5-13(16)14(9)12-7-6-11(15)8-10(12)2/h3-8H,1-2H3. The molecule has 2 heteroatoms. The van der Waals surface area contributed by atoms with Crippen LogP contribution in [0.4, 0.5) is 0 Å². The Kier molecular flexibility index (Phi) is 3.36. The normalized spacial score (nSPS) is 10.5. The van der Waals surface area contributed by atoms with Crippen molar-refractivity contribution < 1.29 is 0 Å². The molecule has 0 saturated heterocycles. The van der Waals surface area contributed by atoms with Crippen LogP contribution in [0.15, 0.2) is 40.9 Å². The Morgan fingerprint density at radius 1 is 1.00 bits per heavy atom. The van der Waals surface area contributed by atoms with Crippen molar-refractivity contribution >= 4 is 27.5 Å². The van der Waals surface area contributed by atoms with Gasteiger partial charge in [-0.05, 0) is 48.7 Å². The predicted octanol–water partition coefficient (Wildman–Crippen LogP) is 5.39. The molecule has 0 fully saturated rings. The summed E-state index contributed by atoms with van der Waals surface area (Å²) in [5.74, 6) is 0.